The number of aryl methyl sites for hydroxylation is 2. The largest absolute Gasteiger partial charge is 0.260 e. The molecule has 0 saturated carbocycles. The maximum absolute atomic E-state index is 4.46. The number of nitrogens with zero attached hydrogens (tertiary/aromatic N) is 1. The third kappa shape index (κ3) is 2.30. The van der Waals surface area contributed by atoms with Crippen molar-refractivity contribution in [2.75, 3.05) is 0 Å². The van der Waals surface area contributed by atoms with E-state index in [0.29, 0.717) is 0 Å². The monoisotopic (exact) mass is 177 g/mol. The van der Waals surface area contributed by atoms with Gasteiger partial charge in [-0.3, -0.25) is 4.98 Å². The standard InChI is InChI=1S/C12H19N/c1-6-10-7-11(12(3,4)5)13-8-9(10)2/h7-8H,6H2,1-5H3. The lowest BCUT2D eigenvalue weighted by atomic mass is 9.90. The lowest BCUT2D eigenvalue weighted by Crippen LogP contribution is -2.14. The Morgan fingerprint density at radius 3 is 2.38 bits per heavy atom. The fraction of sp³-hybridized carbons (Fsp3) is 0.583. The van der Waals surface area contributed by atoms with Crippen LogP contribution in [0.25, 0.3) is 0 Å². The number of hydrogen-bond acceptors (Lipinski definition) is 1. The van der Waals surface area contributed by atoms with Gasteiger partial charge in [-0.05, 0) is 30.5 Å². The van der Waals surface area contributed by atoms with Gasteiger partial charge in [0.2, 0.25) is 0 Å². The molecule has 1 nitrogen and oxygen atoms in total. The van der Waals surface area contributed by atoms with Crippen molar-refractivity contribution in [2.45, 2.75) is 46.5 Å². The molecule has 0 amide bonds. The van der Waals surface area contributed by atoms with E-state index in [-0.39, 0.29) is 5.41 Å². The van der Waals surface area contributed by atoms with E-state index in [9.17, 15) is 0 Å². The average Bonchev–Trinajstić information content (AvgIpc) is 2.03. The Morgan fingerprint density at radius 2 is 1.92 bits per heavy atom. The van der Waals surface area contributed by atoms with E-state index in [2.05, 4.69) is 45.7 Å². The Bertz CT molecular complexity index is 294. The molecule has 1 heteroatoms. The lowest BCUT2D eigenvalue weighted by molar-refractivity contribution is 0.567. The highest BCUT2D eigenvalue weighted by Crippen LogP contribution is 2.22. The van der Waals surface area contributed by atoms with E-state index >= 15 is 0 Å². The van der Waals surface area contributed by atoms with Crippen LogP contribution in [-0.4, -0.2) is 4.98 Å². The van der Waals surface area contributed by atoms with Crippen LogP contribution in [0.4, 0.5) is 0 Å². The predicted molar refractivity (Wildman–Crippen MR) is 57.1 cm³/mol. The predicted octanol–water partition coefficient (Wildman–Crippen LogP) is 3.25. The molecule has 0 aromatic carbocycles. The molecule has 1 aromatic heterocycles. The normalized spacial score (nSPS) is 11.8. The van der Waals surface area contributed by atoms with Crippen LogP contribution in [0, 0.1) is 6.92 Å². The van der Waals surface area contributed by atoms with Crippen LogP contribution in [-0.2, 0) is 11.8 Å². The van der Waals surface area contributed by atoms with Gasteiger partial charge < -0.3 is 0 Å². The zero-order valence-electron chi connectivity index (χ0n) is 9.31. The molecule has 0 N–H and O–H groups in total. The quantitative estimate of drug-likeness (QED) is 0.641. The summed E-state index contributed by atoms with van der Waals surface area (Å²) in [6.07, 6.45) is 3.08. The SMILES string of the molecule is CCc1cc(C(C)(C)C)ncc1C. The van der Waals surface area contributed by atoms with Crippen LogP contribution in [0.1, 0.15) is 44.5 Å². The highest BCUT2D eigenvalue weighted by atomic mass is 14.7. The van der Waals surface area contributed by atoms with Gasteiger partial charge in [0.15, 0.2) is 0 Å². The molecule has 0 aliphatic rings. The van der Waals surface area contributed by atoms with Crippen molar-refractivity contribution < 1.29 is 0 Å². The Kier molecular flexibility index (Phi) is 2.74. The van der Waals surface area contributed by atoms with Gasteiger partial charge in [-0.2, -0.15) is 0 Å². The van der Waals surface area contributed by atoms with Gasteiger partial charge in [-0.1, -0.05) is 27.7 Å². The molecule has 0 saturated heterocycles. The molecule has 1 aromatic rings. The third-order valence-corrected chi connectivity index (χ3v) is 2.36. The molecule has 0 aliphatic heterocycles. The first-order valence-electron chi connectivity index (χ1n) is 4.91. The second-order valence-electron chi connectivity index (χ2n) is 4.60. The molecule has 1 heterocycles. The first kappa shape index (κ1) is 10.2. The minimum absolute atomic E-state index is 0.164. The van der Waals surface area contributed by atoms with E-state index in [1.807, 2.05) is 6.20 Å². The first-order valence-corrected chi connectivity index (χ1v) is 4.91. The summed E-state index contributed by atoms with van der Waals surface area (Å²) in [7, 11) is 0. The summed E-state index contributed by atoms with van der Waals surface area (Å²) in [6, 6.07) is 2.23. The fourth-order valence-corrected chi connectivity index (χ4v) is 1.36. The van der Waals surface area contributed by atoms with Gasteiger partial charge in [-0.15, -0.1) is 0 Å². The van der Waals surface area contributed by atoms with Gasteiger partial charge in [0.25, 0.3) is 0 Å². The smallest absolute Gasteiger partial charge is 0.0459 e. The maximum Gasteiger partial charge on any atom is 0.0459 e. The van der Waals surface area contributed by atoms with Crippen molar-refractivity contribution in [3.8, 4) is 0 Å². The van der Waals surface area contributed by atoms with Gasteiger partial charge >= 0.3 is 0 Å². The van der Waals surface area contributed by atoms with Crippen LogP contribution < -0.4 is 0 Å². The summed E-state index contributed by atoms with van der Waals surface area (Å²) >= 11 is 0. The molecular formula is C12H19N. The van der Waals surface area contributed by atoms with Crippen LogP contribution in [0.15, 0.2) is 12.3 Å². The maximum atomic E-state index is 4.46. The number of aromatic nitrogens is 1. The molecule has 0 radical (unpaired) electrons. The molecule has 0 bridgehead atoms. The van der Waals surface area contributed by atoms with E-state index in [1.54, 1.807) is 0 Å². The summed E-state index contributed by atoms with van der Waals surface area (Å²) in [4.78, 5) is 4.46. The number of pyridine rings is 1. The average molecular weight is 177 g/mol. The molecular weight excluding hydrogens is 158 g/mol. The van der Waals surface area contributed by atoms with Crippen LogP contribution in [0.3, 0.4) is 0 Å². The van der Waals surface area contributed by atoms with Crippen LogP contribution >= 0.6 is 0 Å². The van der Waals surface area contributed by atoms with Crippen molar-refractivity contribution >= 4 is 0 Å². The molecule has 0 atom stereocenters. The lowest BCUT2D eigenvalue weighted by Gasteiger charge is -2.18. The van der Waals surface area contributed by atoms with E-state index in [1.165, 1.54) is 16.8 Å². The molecule has 1 rings (SSSR count). The van der Waals surface area contributed by atoms with E-state index in [4.69, 9.17) is 0 Å². The van der Waals surface area contributed by atoms with Gasteiger partial charge in [-0.25, -0.2) is 0 Å². The molecule has 13 heavy (non-hydrogen) atoms. The van der Waals surface area contributed by atoms with Crippen molar-refractivity contribution in [3.05, 3.63) is 29.1 Å². The third-order valence-electron chi connectivity index (χ3n) is 2.36. The Balaban J connectivity index is 3.14. The van der Waals surface area contributed by atoms with Crippen molar-refractivity contribution in [2.24, 2.45) is 0 Å². The highest BCUT2D eigenvalue weighted by molar-refractivity contribution is 5.28. The summed E-state index contributed by atoms with van der Waals surface area (Å²) in [5.41, 5.74) is 4.07. The molecule has 72 valence electrons. The van der Waals surface area contributed by atoms with Crippen molar-refractivity contribution in [1.82, 2.24) is 4.98 Å². The summed E-state index contributed by atoms with van der Waals surface area (Å²) in [5.74, 6) is 0. The zero-order valence-corrected chi connectivity index (χ0v) is 9.31. The summed E-state index contributed by atoms with van der Waals surface area (Å²) in [5, 5.41) is 0. The van der Waals surface area contributed by atoms with Gasteiger partial charge in [0, 0.05) is 17.3 Å². The van der Waals surface area contributed by atoms with Crippen molar-refractivity contribution in [1.29, 1.82) is 0 Å². The van der Waals surface area contributed by atoms with Crippen molar-refractivity contribution in [3.63, 3.8) is 0 Å². The Labute approximate surface area is 81.2 Å². The second-order valence-corrected chi connectivity index (χ2v) is 4.60. The second kappa shape index (κ2) is 3.49. The Morgan fingerprint density at radius 1 is 1.31 bits per heavy atom. The molecule has 0 fully saturated rings. The van der Waals surface area contributed by atoms with Crippen LogP contribution in [0.2, 0.25) is 0 Å². The van der Waals surface area contributed by atoms with Gasteiger partial charge in [0.1, 0.15) is 0 Å². The summed E-state index contributed by atoms with van der Waals surface area (Å²) < 4.78 is 0. The van der Waals surface area contributed by atoms with Gasteiger partial charge in [0.05, 0.1) is 0 Å². The first-order chi connectivity index (χ1) is 5.95. The highest BCUT2D eigenvalue weighted by Gasteiger charge is 2.15. The molecule has 0 aliphatic carbocycles. The minimum Gasteiger partial charge on any atom is -0.260 e. The van der Waals surface area contributed by atoms with E-state index in [0.717, 1.165) is 6.42 Å². The van der Waals surface area contributed by atoms with E-state index < -0.39 is 0 Å². The number of hydrogen-bond donors (Lipinski definition) is 0. The Hall–Kier alpha value is -0.850. The molecule has 0 spiro atoms. The minimum atomic E-state index is 0.164. The summed E-state index contributed by atoms with van der Waals surface area (Å²) in [6.45, 7) is 10.9. The number of rotatable bonds is 1. The van der Waals surface area contributed by atoms with Crippen LogP contribution in [0.5, 0.6) is 0 Å². The fourth-order valence-electron chi connectivity index (χ4n) is 1.36. The molecule has 0 unspecified atom stereocenters. The topological polar surface area (TPSA) is 12.9 Å². The zero-order chi connectivity index (χ0) is 10.1.